The van der Waals surface area contributed by atoms with Crippen LogP contribution in [-0.2, 0) is 33.2 Å². The molecular weight excluding hydrogens is 576 g/mol. The van der Waals surface area contributed by atoms with Crippen LogP contribution in [0.1, 0.15) is 23.2 Å². The molecule has 2 fully saturated rings. The fourth-order valence-corrected chi connectivity index (χ4v) is 5.48. The number of carbonyl (C=O) groups is 2. The number of esters is 1. The topological polar surface area (TPSA) is 231 Å². The number of ether oxygens (including phenoxy) is 6. The van der Waals surface area contributed by atoms with Gasteiger partial charge in [-0.15, -0.1) is 0 Å². The van der Waals surface area contributed by atoms with Gasteiger partial charge in [-0.2, -0.15) is 0 Å². The second-order valence-corrected chi connectivity index (χ2v) is 10.7. The van der Waals surface area contributed by atoms with Crippen molar-refractivity contribution in [1.29, 1.82) is 0 Å². The lowest BCUT2D eigenvalue weighted by molar-refractivity contribution is -0.339. The minimum absolute atomic E-state index is 0.0376. The summed E-state index contributed by atoms with van der Waals surface area (Å²) >= 11 is 0. The van der Waals surface area contributed by atoms with Crippen LogP contribution in [-0.4, -0.2) is 129 Å². The molecule has 11 unspecified atom stereocenters. The summed E-state index contributed by atoms with van der Waals surface area (Å²) in [6.45, 7) is -0.990. The number of aliphatic hydroxyl groups is 6. The van der Waals surface area contributed by atoms with E-state index in [2.05, 4.69) is 0 Å². The smallest absolute Gasteiger partial charge is 0.338 e. The van der Waals surface area contributed by atoms with Crippen LogP contribution >= 0.6 is 0 Å². The molecular formula is C28H34O15. The summed E-state index contributed by atoms with van der Waals surface area (Å²) in [6, 6.07) is 8.30. The van der Waals surface area contributed by atoms with Crippen LogP contribution in [0.3, 0.4) is 0 Å². The highest BCUT2D eigenvalue weighted by molar-refractivity contribution is 5.89. The summed E-state index contributed by atoms with van der Waals surface area (Å²) < 4.78 is 33.2. The van der Waals surface area contributed by atoms with Crippen molar-refractivity contribution < 1.29 is 73.8 Å². The SMILES string of the molecule is O=C(O)C1=COC(OC2OC(COC3OCC(O)C(O)C3O)C(O)C(O)C2O)C2=C(COC(=O)c3ccccc3)CCC12. The van der Waals surface area contributed by atoms with E-state index >= 15 is 0 Å². The van der Waals surface area contributed by atoms with Crippen LogP contribution < -0.4 is 0 Å². The molecule has 1 aromatic rings. The average molecular weight is 611 g/mol. The Morgan fingerprint density at radius 2 is 1.63 bits per heavy atom. The Balaban J connectivity index is 1.30. The number of hydrogen-bond donors (Lipinski definition) is 7. The van der Waals surface area contributed by atoms with Gasteiger partial charge in [0.25, 0.3) is 0 Å². The zero-order valence-electron chi connectivity index (χ0n) is 22.7. The number of aliphatic hydroxyl groups excluding tert-OH is 6. The van der Waals surface area contributed by atoms with Crippen LogP contribution in [0.4, 0.5) is 0 Å². The molecule has 1 aliphatic carbocycles. The van der Waals surface area contributed by atoms with Gasteiger partial charge in [0, 0.05) is 11.5 Å². The van der Waals surface area contributed by atoms with Crippen LogP contribution in [0.15, 0.2) is 53.3 Å². The van der Waals surface area contributed by atoms with Crippen molar-refractivity contribution in [2.75, 3.05) is 19.8 Å². The molecule has 15 nitrogen and oxygen atoms in total. The Morgan fingerprint density at radius 1 is 0.907 bits per heavy atom. The largest absolute Gasteiger partial charge is 0.478 e. The zero-order valence-corrected chi connectivity index (χ0v) is 22.7. The monoisotopic (exact) mass is 610 g/mol. The normalized spacial score (nSPS) is 37.7. The van der Waals surface area contributed by atoms with Gasteiger partial charge in [-0.1, -0.05) is 18.2 Å². The molecule has 15 heteroatoms. The van der Waals surface area contributed by atoms with E-state index in [0.29, 0.717) is 29.6 Å². The second-order valence-electron chi connectivity index (χ2n) is 10.7. The predicted molar refractivity (Wildman–Crippen MR) is 139 cm³/mol. The summed E-state index contributed by atoms with van der Waals surface area (Å²) in [4.78, 5) is 24.4. The van der Waals surface area contributed by atoms with Gasteiger partial charge in [0.15, 0.2) is 12.6 Å². The molecule has 43 heavy (non-hydrogen) atoms. The van der Waals surface area contributed by atoms with Crippen molar-refractivity contribution in [3.8, 4) is 0 Å². The minimum Gasteiger partial charge on any atom is -0.478 e. The number of carbonyl (C=O) groups excluding carboxylic acids is 1. The van der Waals surface area contributed by atoms with Crippen molar-refractivity contribution in [2.45, 2.75) is 74.4 Å². The lowest BCUT2D eigenvalue weighted by Crippen LogP contribution is -2.61. The van der Waals surface area contributed by atoms with Crippen molar-refractivity contribution in [1.82, 2.24) is 0 Å². The minimum atomic E-state index is -1.77. The number of fused-ring (bicyclic) bond motifs is 1. The number of carboxylic acids is 1. The molecule has 236 valence electrons. The maximum absolute atomic E-state index is 12.5. The molecule has 1 aromatic carbocycles. The Bertz CT molecular complexity index is 1220. The molecule has 5 rings (SSSR count). The lowest BCUT2D eigenvalue weighted by Gasteiger charge is -2.42. The number of rotatable bonds is 9. The van der Waals surface area contributed by atoms with Gasteiger partial charge in [-0.3, -0.25) is 0 Å². The summed E-state index contributed by atoms with van der Waals surface area (Å²) in [5.41, 5.74) is 1.22. The van der Waals surface area contributed by atoms with E-state index in [1.807, 2.05) is 0 Å². The average Bonchev–Trinajstić information content (AvgIpc) is 3.44. The number of carboxylic acid groups (broad SMARTS) is 1. The van der Waals surface area contributed by atoms with Crippen LogP contribution in [0.25, 0.3) is 0 Å². The first-order chi connectivity index (χ1) is 20.6. The molecule has 3 aliphatic heterocycles. The summed E-state index contributed by atoms with van der Waals surface area (Å²) in [7, 11) is 0. The Labute approximate surface area is 245 Å². The van der Waals surface area contributed by atoms with Gasteiger partial charge in [0.1, 0.15) is 49.3 Å². The first kappa shape index (κ1) is 31.5. The van der Waals surface area contributed by atoms with Crippen LogP contribution in [0.2, 0.25) is 0 Å². The summed E-state index contributed by atoms with van der Waals surface area (Å²) in [5, 5.41) is 71.0. The first-order valence-electron chi connectivity index (χ1n) is 13.7. The number of benzene rings is 1. The third kappa shape index (κ3) is 6.61. The molecule has 0 aromatic heterocycles. The van der Waals surface area contributed by atoms with E-state index in [1.54, 1.807) is 30.3 Å². The Morgan fingerprint density at radius 3 is 2.35 bits per heavy atom. The van der Waals surface area contributed by atoms with Crippen molar-refractivity contribution >= 4 is 11.9 Å². The van der Waals surface area contributed by atoms with Gasteiger partial charge in [-0.25, -0.2) is 9.59 Å². The molecule has 3 heterocycles. The van der Waals surface area contributed by atoms with Gasteiger partial charge < -0.3 is 64.2 Å². The number of aliphatic carboxylic acids is 1. The third-order valence-corrected chi connectivity index (χ3v) is 7.91. The number of hydrogen-bond acceptors (Lipinski definition) is 14. The van der Waals surface area contributed by atoms with E-state index in [1.165, 1.54) is 0 Å². The van der Waals surface area contributed by atoms with E-state index in [-0.39, 0.29) is 18.8 Å². The molecule has 0 saturated carbocycles. The third-order valence-electron chi connectivity index (χ3n) is 7.91. The Hall–Kier alpha value is -2.96. The highest BCUT2D eigenvalue weighted by Gasteiger charge is 2.49. The van der Waals surface area contributed by atoms with E-state index in [0.717, 1.165) is 6.26 Å². The lowest BCUT2D eigenvalue weighted by atomic mass is 9.90. The van der Waals surface area contributed by atoms with Gasteiger partial charge in [0.2, 0.25) is 6.29 Å². The maximum atomic E-state index is 12.5. The van der Waals surface area contributed by atoms with Gasteiger partial charge >= 0.3 is 11.9 Å². The van der Waals surface area contributed by atoms with Crippen molar-refractivity contribution in [3.63, 3.8) is 0 Å². The van der Waals surface area contributed by atoms with Crippen molar-refractivity contribution in [3.05, 3.63) is 58.9 Å². The van der Waals surface area contributed by atoms with Gasteiger partial charge in [-0.05, 0) is 30.5 Å². The first-order valence-corrected chi connectivity index (χ1v) is 13.7. The molecule has 4 aliphatic rings. The van der Waals surface area contributed by atoms with E-state index < -0.39 is 86.1 Å². The molecule has 0 bridgehead atoms. The van der Waals surface area contributed by atoms with Crippen LogP contribution in [0.5, 0.6) is 0 Å². The fraction of sp³-hybridized carbons (Fsp3) is 0.571. The van der Waals surface area contributed by atoms with Gasteiger partial charge in [0.05, 0.1) is 30.6 Å². The highest BCUT2D eigenvalue weighted by atomic mass is 16.8. The van der Waals surface area contributed by atoms with E-state index in [9.17, 15) is 45.3 Å². The zero-order chi connectivity index (χ0) is 30.8. The molecule has 0 radical (unpaired) electrons. The molecule has 0 amide bonds. The predicted octanol–water partition coefficient (Wildman–Crippen LogP) is -1.85. The Kier molecular flexibility index (Phi) is 9.77. The van der Waals surface area contributed by atoms with Crippen LogP contribution in [0, 0.1) is 5.92 Å². The molecule has 0 spiro atoms. The molecule has 11 atom stereocenters. The second kappa shape index (κ2) is 13.4. The summed E-state index contributed by atoms with van der Waals surface area (Å²) in [6.07, 6.45) is -13.5. The van der Waals surface area contributed by atoms with E-state index in [4.69, 9.17) is 28.4 Å². The summed E-state index contributed by atoms with van der Waals surface area (Å²) in [5.74, 6) is -2.44. The fourth-order valence-electron chi connectivity index (χ4n) is 5.48. The maximum Gasteiger partial charge on any atom is 0.338 e. The highest BCUT2D eigenvalue weighted by Crippen LogP contribution is 2.44. The quantitative estimate of drug-likeness (QED) is 0.120. The standard InChI is InChI=1S/C28H34O15/c29-16-10-40-27(22(33)19(16)30)41-11-17-20(31)21(32)23(34)28(42-17)43-26-18-13(6-7-14(18)15(9-39-26)24(35)36)8-38-25(37)12-4-2-1-3-5-12/h1-5,9,14,16-17,19-23,26-34H,6-8,10-11H2,(H,35,36). The molecule has 7 N–H and O–H groups in total. The molecule has 2 saturated heterocycles. The van der Waals surface area contributed by atoms with Crippen molar-refractivity contribution in [2.24, 2.45) is 5.92 Å².